The molecule has 1 N–H and O–H groups in total. The zero-order valence-corrected chi connectivity index (χ0v) is 16.4. The average Bonchev–Trinajstić information content (AvgIpc) is 3.12. The lowest BCUT2D eigenvalue weighted by molar-refractivity contribution is -0.121. The van der Waals surface area contributed by atoms with Crippen LogP contribution in [0.25, 0.3) is 0 Å². The quantitative estimate of drug-likeness (QED) is 0.812. The highest BCUT2D eigenvalue weighted by Crippen LogP contribution is 2.24. The molecule has 1 fully saturated rings. The van der Waals surface area contributed by atoms with Gasteiger partial charge in [-0.25, -0.2) is 4.98 Å². The third-order valence-corrected chi connectivity index (χ3v) is 5.87. The first kappa shape index (κ1) is 18.1. The van der Waals surface area contributed by atoms with Gasteiger partial charge in [0.1, 0.15) is 5.82 Å². The lowest BCUT2D eigenvalue weighted by Crippen LogP contribution is -2.41. The van der Waals surface area contributed by atoms with Gasteiger partial charge in [-0.2, -0.15) is 0 Å². The zero-order valence-electron chi connectivity index (χ0n) is 14.0. The molecule has 2 amide bonds. The molecular weight excluding hydrogens is 402 g/mol. The predicted octanol–water partition coefficient (Wildman–Crippen LogP) is 3.96. The highest BCUT2D eigenvalue weighted by atomic mass is 79.9. The molecule has 0 spiro atoms. The first-order valence-corrected chi connectivity index (χ1v) is 10.0. The fourth-order valence-electron chi connectivity index (χ4n) is 2.97. The molecule has 0 radical (unpaired) electrons. The number of halogens is 1. The topological polar surface area (TPSA) is 62.3 Å². The Bertz CT molecular complexity index is 752. The number of hydrogen-bond acceptors (Lipinski definition) is 4. The second-order valence-electron chi connectivity index (χ2n) is 6.05. The minimum atomic E-state index is -0.0801. The Labute approximate surface area is 159 Å². The summed E-state index contributed by atoms with van der Waals surface area (Å²) in [7, 11) is 0. The standard InChI is InChI=1S/C18H20BrN3O2S/c1-2-12-7-10-25-16(12)18(24)22-8-5-13(6-9-22)17(23)21-15-4-3-14(19)11-20-15/h3-4,7,10-11,13H,2,5-6,8-9H2,1H3,(H,20,21,23). The number of carbonyl (C=O) groups is 2. The maximum atomic E-state index is 12.7. The van der Waals surface area contributed by atoms with E-state index in [1.54, 1.807) is 12.3 Å². The van der Waals surface area contributed by atoms with Crippen molar-refractivity contribution >= 4 is 44.9 Å². The summed E-state index contributed by atoms with van der Waals surface area (Å²) in [5.41, 5.74) is 1.11. The molecule has 0 saturated carbocycles. The number of pyridine rings is 1. The molecule has 1 aliphatic heterocycles. The Hall–Kier alpha value is -1.73. The van der Waals surface area contributed by atoms with Crippen LogP contribution < -0.4 is 5.32 Å². The van der Waals surface area contributed by atoms with Crippen molar-refractivity contribution in [1.82, 2.24) is 9.88 Å². The van der Waals surface area contributed by atoms with Crippen LogP contribution >= 0.6 is 27.3 Å². The molecule has 3 heterocycles. The van der Waals surface area contributed by atoms with Crippen molar-refractivity contribution in [3.05, 3.63) is 44.7 Å². The maximum absolute atomic E-state index is 12.7. The first-order valence-electron chi connectivity index (χ1n) is 8.36. The summed E-state index contributed by atoms with van der Waals surface area (Å²) in [6, 6.07) is 5.63. The number of nitrogens with zero attached hydrogens (tertiary/aromatic N) is 2. The van der Waals surface area contributed by atoms with E-state index in [4.69, 9.17) is 0 Å². The first-order chi connectivity index (χ1) is 12.1. The highest BCUT2D eigenvalue weighted by molar-refractivity contribution is 9.10. The Morgan fingerprint density at radius 3 is 2.72 bits per heavy atom. The number of amides is 2. The molecule has 132 valence electrons. The summed E-state index contributed by atoms with van der Waals surface area (Å²) in [5.74, 6) is 0.550. The van der Waals surface area contributed by atoms with Gasteiger partial charge >= 0.3 is 0 Å². The van der Waals surface area contributed by atoms with Gasteiger partial charge in [0.25, 0.3) is 5.91 Å². The van der Waals surface area contributed by atoms with Gasteiger partial charge in [0, 0.05) is 29.7 Å². The van der Waals surface area contributed by atoms with Crippen LogP contribution in [0.4, 0.5) is 5.82 Å². The number of piperidine rings is 1. The zero-order chi connectivity index (χ0) is 17.8. The third kappa shape index (κ3) is 4.27. The van der Waals surface area contributed by atoms with Crippen LogP contribution in [0.5, 0.6) is 0 Å². The van der Waals surface area contributed by atoms with Crippen LogP contribution in [0.15, 0.2) is 34.2 Å². The van der Waals surface area contributed by atoms with Gasteiger partial charge in [0.15, 0.2) is 0 Å². The number of likely N-dealkylation sites (tertiary alicyclic amines) is 1. The number of rotatable bonds is 4. The van der Waals surface area contributed by atoms with Crippen molar-refractivity contribution in [2.45, 2.75) is 26.2 Å². The molecule has 3 rings (SSSR count). The third-order valence-electron chi connectivity index (χ3n) is 4.45. The molecule has 25 heavy (non-hydrogen) atoms. The summed E-state index contributed by atoms with van der Waals surface area (Å²) in [5, 5.41) is 4.83. The molecule has 2 aromatic rings. The van der Waals surface area contributed by atoms with E-state index in [0.717, 1.165) is 21.3 Å². The van der Waals surface area contributed by atoms with Gasteiger partial charge in [0.2, 0.25) is 5.91 Å². The SMILES string of the molecule is CCc1ccsc1C(=O)N1CCC(C(=O)Nc2ccc(Br)cn2)CC1. The summed E-state index contributed by atoms with van der Waals surface area (Å²) in [6.45, 7) is 3.29. The van der Waals surface area contributed by atoms with Crippen molar-refractivity contribution < 1.29 is 9.59 Å². The van der Waals surface area contributed by atoms with Gasteiger partial charge in [-0.1, -0.05) is 6.92 Å². The Balaban J connectivity index is 1.55. The summed E-state index contributed by atoms with van der Waals surface area (Å²) in [6.07, 6.45) is 3.88. The van der Waals surface area contributed by atoms with Gasteiger partial charge in [-0.15, -0.1) is 11.3 Å². The van der Waals surface area contributed by atoms with Crippen LogP contribution in [0.2, 0.25) is 0 Å². The average molecular weight is 422 g/mol. The second-order valence-corrected chi connectivity index (χ2v) is 7.88. The number of thiophene rings is 1. The smallest absolute Gasteiger partial charge is 0.264 e. The van der Waals surface area contributed by atoms with E-state index in [2.05, 4.69) is 33.2 Å². The van der Waals surface area contributed by atoms with Crippen LogP contribution in [-0.2, 0) is 11.2 Å². The normalized spacial score (nSPS) is 15.2. The van der Waals surface area contributed by atoms with Crippen molar-refractivity contribution in [2.24, 2.45) is 5.92 Å². The van der Waals surface area contributed by atoms with Crippen LogP contribution in [-0.4, -0.2) is 34.8 Å². The molecule has 0 atom stereocenters. The number of hydrogen-bond donors (Lipinski definition) is 1. The molecule has 0 aliphatic carbocycles. The number of carbonyl (C=O) groups excluding carboxylic acids is 2. The molecule has 1 saturated heterocycles. The van der Waals surface area contributed by atoms with E-state index in [0.29, 0.717) is 31.7 Å². The van der Waals surface area contributed by atoms with E-state index in [1.165, 1.54) is 11.3 Å². The van der Waals surface area contributed by atoms with Crippen molar-refractivity contribution in [2.75, 3.05) is 18.4 Å². The fourth-order valence-corrected chi connectivity index (χ4v) is 4.16. The number of anilines is 1. The Kier molecular flexibility index (Phi) is 5.86. The molecule has 7 heteroatoms. The Morgan fingerprint density at radius 1 is 1.32 bits per heavy atom. The largest absolute Gasteiger partial charge is 0.338 e. The van der Waals surface area contributed by atoms with E-state index in [1.807, 2.05) is 22.4 Å². The monoisotopic (exact) mass is 421 g/mol. The molecule has 0 bridgehead atoms. The number of aromatic nitrogens is 1. The minimum absolute atomic E-state index is 0.0210. The van der Waals surface area contributed by atoms with Crippen LogP contribution in [0.1, 0.15) is 35.0 Å². The van der Waals surface area contributed by atoms with E-state index >= 15 is 0 Å². The van der Waals surface area contributed by atoms with Crippen molar-refractivity contribution in [1.29, 1.82) is 0 Å². The molecule has 5 nitrogen and oxygen atoms in total. The Morgan fingerprint density at radius 2 is 2.08 bits per heavy atom. The number of nitrogens with one attached hydrogen (secondary N) is 1. The number of aryl methyl sites for hydroxylation is 1. The maximum Gasteiger partial charge on any atom is 0.264 e. The summed E-state index contributed by atoms with van der Waals surface area (Å²) in [4.78, 5) is 31.9. The molecular formula is C18H20BrN3O2S. The van der Waals surface area contributed by atoms with E-state index < -0.39 is 0 Å². The summed E-state index contributed by atoms with van der Waals surface area (Å²) < 4.78 is 0.873. The lowest BCUT2D eigenvalue weighted by atomic mass is 9.95. The van der Waals surface area contributed by atoms with E-state index in [-0.39, 0.29) is 17.7 Å². The van der Waals surface area contributed by atoms with Crippen molar-refractivity contribution in [3.63, 3.8) is 0 Å². The lowest BCUT2D eigenvalue weighted by Gasteiger charge is -2.31. The van der Waals surface area contributed by atoms with Gasteiger partial charge in [-0.05, 0) is 64.3 Å². The summed E-state index contributed by atoms with van der Waals surface area (Å²) >= 11 is 4.83. The van der Waals surface area contributed by atoms with Crippen molar-refractivity contribution in [3.8, 4) is 0 Å². The van der Waals surface area contributed by atoms with Gasteiger partial charge in [0.05, 0.1) is 4.88 Å². The molecule has 1 aliphatic rings. The highest BCUT2D eigenvalue weighted by Gasteiger charge is 2.29. The minimum Gasteiger partial charge on any atom is -0.338 e. The van der Waals surface area contributed by atoms with E-state index in [9.17, 15) is 9.59 Å². The van der Waals surface area contributed by atoms with Gasteiger partial charge in [-0.3, -0.25) is 9.59 Å². The fraction of sp³-hybridized carbons (Fsp3) is 0.389. The second kappa shape index (κ2) is 8.10. The van der Waals surface area contributed by atoms with Gasteiger partial charge < -0.3 is 10.2 Å². The molecule has 0 aromatic carbocycles. The molecule has 2 aromatic heterocycles. The predicted molar refractivity (Wildman–Crippen MR) is 103 cm³/mol. The van der Waals surface area contributed by atoms with Crippen LogP contribution in [0, 0.1) is 5.92 Å². The van der Waals surface area contributed by atoms with Crippen LogP contribution in [0.3, 0.4) is 0 Å². The molecule has 0 unspecified atom stereocenters.